The van der Waals surface area contributed by atoms with Crippen molar-refractivity contribution in [3.05, 3.63) is 94.0 Å². The van der Waals surface area contributed by atoms with Gasteiger partial charge >= 0.3 is 0 Å². The Labute approximate surface area is 231 Å². The first-order valence-corrected chi connectivity index (χ1v) is 14.2. The standard InChI is InChI=1S/C32H38ClN3O2/c1-21-8-3-6-11-27(21)32(38)36-19-7-12-28(31(37)35-26-16-13-22(2)29(33)20-26)30(36)23-14-17-25(18-15-23)34-24-9-4-5-10-24/h3,6,8,11,13-18,20,24,28,30,32,34,38H,4-5,7,9-10,12,19H2,1-2H3,(H,35,37)/t28-,30-,32?/m0/s1. The molecule has 200 valence electrons. The molecule has 1 aliphatic carbocycles. The lowest BCUT2D eigenvalue weighted by Crippen LogP contribution is -2.45. The molecule has 2 aliphatic rings. The second-order valence-electron chi connectivity index (χ2n) is 10.9. The van der Waals surface area contributed by atoms with E-state index in [0.717, 1.165) is 40.8 Å². The topological polar surface area (TPSA) is 64.6 Å². The first-order chi connectivity index (χ1) is 18.4. The van der Waals surface area contributed by atoms with Crippen LogP contribution in [0.2, 0.25) is 5.02 Å². The summed E-state index contributed by atoms with van der Waals surface area (Å²) in [6.07, 6.45) is 5.77. The van der Waals surface area contributed by atoms with Crippen molar-refractivity contribution in [1.29, 1.82) is 0 Å². The molecule has 5 rings (SSSR count). The van der Waals surface area contributed by atoms with Gasteiger partial charge in [-0.1, -0.05) is 66.9 Å². The summed E-state index contributed by atoms with van der Waals surface area (Å²) in [7, 11) is 0. The summed E-state index contributed by atoms with van der Waals surface area (Å²) >= 11 is 6.33. The van der Waals surface area contributed by atoms with Crippen molar-refractivity contribution in [1.82, 2.24) is 4.90 Å². The minimum atomic E-state index is -0.804. The first kappa shape index (κ1) is 26.7. The molecule has 3 aromatic rings. The van der Waals surface area contributed by atoms with Gasteiger partial charge in [-0.3, -0.25) is 9.69 Å². The summed E-state index contributed by atoms with van der Waals surface area (Å²) < 4.78 is 0. The summed E-state index contributed by atoms with van der Waals surface area (Å²) in [6.45, 7) is 4.68. The number of carbonyl (C=O) groups is 1. The van der Waals surface area contributed by atoms with E-state index in [1.165, 1.54) is 25.7 Å². The Hall–Kier alpha value is -2.86. The zero-order valence-corrected chi connectivity index (χ0v) is 23.0. The van der Waals surface area contributed by atoms with Gasteiger partial charge in [-0.25, -0.2) is 0 Å². The summed E-state index contributed by atoms with van der Waals surface area (Å²) in [5, 5.41) is 19.0. The average Bonchev–Trinajstić information content (AvgIpc) is 3.44. The van der Waals surface area contributed by atoms with Crippen molar-refractivity contribution in [2.24, 2.45) is 5.92 Å². The Morgan fingerprint density at radius 1 is 0.921 bits per heavy atom. The summed E-state index contributed by atoms with van der Waals surface area (Å²) in [5.41, 5.74) is 5.73. The number of likely N-dealkylation sites (tertiary alicyclic amines) is 1. The van der Waals surface area contributed by atoms with E-state index in [1.54, 1.807) is 6.07 Å². The van der Waals surface area contributed by atoms with E-state index in [-0.39, 0.29) is 17.9 Å². The molecule has 2 fully saturated rings. The molecule has 38 heavy (non-hydrogen) atoms. The van der Waals surface area contributed by atoms with Gasteiger partial charge in [0, 0.05) is 35.0 Å². The van der Waals surface area contributed by atoms with Crippen LogP contribution in [0.15, 0.2) is 66.7 Å². The summed E-state index contributed by atoms with van der Waals surface area (Å²) in [6, 6.07) is 22.3. The number of nitrogens with zero attached hydrogens (tertiary/aromatic N) is 1. The van der Waals surface area contributed by atoms with Crippen molar-refractivity contribution in [3.63, 3.8) is 0 Å². The highest BCUT2D eigenvalue weighted by Gasteiger charge is 2.40. The zero-order chi connectivity index (χ0) is 26.6. The fourth-order valence-corrected chi connectivity index (χ4v) is 6.22. The van der Waals surface area contributed by atoms with Crippen LogP contribution in [0.25, 0.3) is 0 Å². The van der Waals surface area contributed by atoms with Crippen LogP contribution in [0.5, 0.6) is 0 Å². The number of anilines is 2. The van der Waals surface area contributed by atoms with E-state index in [2.05, 4.69) is 39.8 Å². The number of aryl methyl sites for hydroxylation is 2. The number of hydrogen-bond donors (Lipinski definition) is 3. The molecule has 1 saturated carbocycles. The molecule has 3 atom stereocenters. The molecular weight excluding hydrogens is 494 g/mol. The first-order valence-electron chi connectivity index (χ1n) is 13.8. The van der Waals surface area contributed by atoms with Crippen LogP contribution in [-0.4, -0.2) is 28.5 Å². The highest BCUT2D eigenvalue weighted by atomic mass is 35.5. The number of hydrogen-bond acceptors (Lipinski definition) is 4. The third kappa shape index (κ3) is 5.90. The van der Waals surface area contributed by atoms with Gasteiger partial charge in [0.15, 0.2) is 0 Å². The predicted octanol–water partition coefficient (Wildman–Crippen LogP) is 7.39. The average molecular weight is 532 g/mol. The third-order valence-electron chi connectivity index (χ3n) is 8.20. The second kappa shape index (κ2) is 11.9. The Balaban J connectivity index is 1.45. The SMILES string of the molecule is Cc1ccc(NC(=O)[C@H]2CCCN(C(O)c3ccccc3C)[C@H]2c2ccc(NC3CCCC3)cc2)cc1Cl. The van der Waals surface area contributed by atoms with Gasteiger partial charge in [0.1, 0.15) is 6.23 Å². The zero-order valence-electron chi connectivity index (χ0n) is 22.3. The van der Waals surface area contributed by atoms with Crippen LogP contribution >= 0.6 is 11.6 Å². The van der Waals surface area contributed by atoms with E-state index in [9.17, 15) is 9.90 Å². The number of carbonyl (C=O) groups excluding carboxylic acids is 1. The Kier molecular flexibility index (Phi) is 8.37. The van der Waals surface area contributed by atoms with E-state index in [4.69, 9.17) is 11.6 Å². The maximum atomic E-state index is 13.7. The third-order valence-corrected chi connectivity index (χ3v) is 8.61. The minimum absolute atomic E-state index is 0.0511. The lowest BCUT2D eigenvalue weighted by molar-refractivity contribution is -0.128. The van der Waals surface area contributed by atoms with E-state index < -0.39 is 6.23 Å². The number of aliphatic hydroxyl groups is 1. The molecule has 0 radical (unpaired) electrons. The lowest BCUT2D eigenvalue weighted by Gasteiger charge is -2.43. The lowest BCUT2D eigenvalue weighted by atomic mass is 9.83. The highest BCUT2D eigenvalue weighted by Crippen LogP contribution is 2.42. The number of halogens is 1. The molecule has 1 unspecified atom stereocenters. The molecule has 1 heterocycles. The van der Waals surface area contributed by atoms with Crippen molar-refractivity contribution in [3.8, 4) is 0 Å². The second-order valence-corrected chi connectivity index (χ2v) is 11.3. The maximum absolute atomic E-state index is 13.7. The van der Waals surface area contributed by atoms with Crippen LogP contribution in [0, 0.1) is 19.8 Å². The van der Waals surface area contributed by atoms with Crippen LogP contribution in [-0.2, 0) is 4.79 Å². The van der Waals surface area contributed by atoms with Crippen molar-refractivity contribution >= 4 is 28.9 Å². The van der Waals surface area contributed by atoms with E-state index in [1.807, 2.05) is 50.2 Å². The molecule has 0 bridgehead atoms. The number of rotatable bonds is 7. The number of piperidine rings is 1. The molecule has 1 saturated heterocycles. The van der Waals surface area contributed by atoms with Crippen LogP contribution in [0.1, 0.15) is 73.0 Å². The smallest absolute Gasteiger partial charge is 0.229 e. The van der Waals surface area contributed by atoms with Crippen molar-refractivity contribution in [2.45, 2.75) is 70.7 Å². The molecule has 6 heteroatoms. The highest BCUT2D eigenvalue weighted by molar-refractivity contribution is 6.31. The molecular formula is C32H38ClN3O2. The van der Waals surface area contributed by atoms with Gasteiger partial charge in [0.2, 0.25) is 5.91 Å². The molecule has 3 N–H and O–H groups in total. The number of amides is 1. The number of benzene rings is 3. The fraction of sp³-hybridized carbons (Fsp3) is 0.406. The van der Waals surface area contributed by atoms with Gasteiger partial charge < -0.3 is 15.7 Å². The van der Waals surface area contributed by atoms with E-state index >= 15 is 0 Å². The van der Waals surface area contributed by atoms with Gasteiger partial charge in [-0.2, -0.15) is 0 Å². The maximum Gasteiger partial charge on any atom is 0.229 e. The fourth-order valence-electron chi connectivity index (χ4n) is 6.04. The molecule has 3 aromatic carbocycles. The van der Waals surface area contributed by atoms with Gasteiger partial charge in [-0.15, -0.1) is 0 Å². The van der Waals surface area contributed by atoms with Crippen LogP contribution in [0.4, 0.5) is 11.4 Å². The van der Waals surface area contributed by atoms with Crippen molar-refractivity contribution in [2.75, 3.05) is 17.2 Å². The number of nitrogens with one attached hydrogen (secondary N) is 2. The molecule has 1 amide bonds. The quantitative estimate of drug-likeness (QED) is 0.297. The van der Waals surface area contributed by atoms with Gasteiger partial charge in [0.05, 0.1) is 5.92 Å². The normalized spacial score (nSPS) is 21.3. The largest absolute Gasteiger partial charge is 0.382 e. The summed E-state index contributed by atoms with van der Waals surface area (Å²) in [5.74, 6) is -0.374. The Morgan fingerprint density at radius 3 is 2.34 bits per heavy atom. The minimum Gasteiger partial charge on any atom is -0.382 e. The van der Waals surface area contributed by atoms with Gasteiger partial charge in [0.25, 0.3) is 0 Å². The number of aliphatic hydroxyl groups excluding tert-OH is 1. The van der Waals surface area contributed by atoms with Crippen LogP contribution in [0.3, 0.4) is 0 Å². The molecule has 0 aromatic heterocycles. The molecule has 1 aliphatic heterocycles. The van der Waals surface area contributed by atoms with Crippen molar-refractivity contribution < 1.29 is 9.90 Å². The molecule has 0 spiro atoms. The summed E-state index contributed by atoms with van der Waals surface area (Å²) in [4.78, 5) is 15.8. The molecule has 5 nitrogen and oxygen atoms in total. The van der Waals surface area contributed by atoms with Crippen LogP contribution < -0.4 is 10.6 Å². The van der Waals surface area contributed by atoms with E-state index in [0.29, 0.717) is 23.3 Å². The van der Waals surface area contributed by atoms with Gasteiger partial charge in [-0.05, 0) is 86.1 Å². The Morgan fingerprint density at radius 2 is 1.63 bits per heavy atom. The predicted molar refractivity (Wildman–Crippen MR) is 155 cm³/mol. The Bertz CT molecular complexity index is 1260. The monoisotopic (exact) mass is 531 g/mol.